The number of hydrogen-bond donors (Lipinski definition) is 2. The summed E-state index contributed by atoms with van der Waals surface area (Å²) in [6, 6.07) is 5.70. The van der Waals surface area contributed by atoms with Crippen LogP contribution in [0.25, 0.3) is 0 Å². The number of hydrogen-bond acceptors (Lipinski definition) is 6. The zero-order valence-electron chi connectivity index (χ0n) is 12.3. The minimum atomic E-state index is -2.94. The Hall–Kier alpha value is -2.97. The van der Waals surface area contributed by atoms with Gasteiger partial charge in [0.1, 0.15) is 0 Å². The van der Waals surface area contributed by atoms with E-state index in [0.717, 1.165) is 0 Å². The van der Waals surface area contributed by atoms with Crippen molar-refractivity contribution in [1.29, 1.82) is 0 Å². The number of aromatic amines is 1. The number of nitrogens with one attached hydrogen (secondary N) is 2. The van der Waals surface area contributed by atoms with Gasteiger partial charge in [0, 0.05) is 11.8 Å². The van der Waals surface area contributed by atoms with Gasteiger partial charge in [-0.1, -0.05) is 0 Å². The fourth-order valence-corrected chi connectivity index (χ4v) is 1.76. The van der Waals surface area contributed by atoms with E-state index in [-0.39, 0.29) is 23.0 Å². The fraction of sp³-hybridized carbons (Fsp3) is 0.214. The number of aromatic nitrogens is 2. The molecular formula is C14H14F2N4O3. The van der Waals surface area contributed by atoms with E-state index in [1.165, 1.54) is 37.6 Å². The van der Waals surface area contributed by atoms with Gasteiger partial charge in [0.15, 0.2) is 11.5 Å². The Morgan fingerprint density at radius 2 is 2.13 bits per heavy atom. The molecule has 0 aliphatic carbocycles. The van der Waals surface area contributed by atoms with Gasteiger partial charge in [0.2, 0.25) is 5.95 Å². The second kappa shape index (κ2) is 7.34. The second-order valence-electron chi connectivity index (χ2n) is 4.39. The molecular weight excluding hydrogens is 310 g/mol. The third-order valence-corrected chi connectivity index (χ3v) is 2.66. The van der Waals surface area contributed by atoms with E-state index in [9.17, 15) is 13.6 Å². The SMILES string of the molecule is COc1cc(/C=N/Nc2nc(C)cc(=O)[nH]2)ccc1OC(F)F. The average Bonchev–Trinajstić information content (AvgIpc) is 2.47. The predicted molar refractivity (Wildman–Crippen MR) is 80.4 cm³/mol. The summed E-state index contributed by atoms with van der Waals surface area (Å²) in [4.78, 5) is 17.8. The number of H-pyrrole nitrogens is 1. The highest BCUT2D eigenvalue weighted by atomic mass is 19.3. The lowest BCUT2D eigenvalue weighted by molar-refractivity contribution is -0.0512. The van der Waals surface area contributed by atoms with E-state index in [2.05, 4.69) is 25.2 Å². The molecule has 0 unspecified atom stereocenters. The van der Waals surface area contributed by atoms with Crippen LogP contribution in [0.15, 0.2) is 34.2 Å². The largest absolute Gasteiger partial charge is 0.493 e. The lowest BCUT2D eigenvalue weighted by Gasteiger charge is -2.09. The zero-order chi connectivity index (χ0) is 16.8. The average molecular weight is 324 g/mol. The molecule has 7 nitrogen and oxygen atoms in total. The lowest BCUT2D eigenvalue weighted by atomic mass is 10.2. The highest BCUT2D eigenvalue weighted by molar-refractivity contribution is 5.81. The van der Waals surface area contributed by atoms with Gasteiger partial charge in [-0.25, -0.2) is 10.4 Å². The maximum Gasteiger partial charge on any atom is 0.387 e. The van der Waals surface area contributed by atoms with Crippen molar-refractivity contribution < 1.29 is 18.3 Å². The lowest BCUT2D eigenvalue weighted by Crippen LogP contribution is -2.10. The highest BCUT2D eigenvalue weighted by Crippen LogP contribution is 2.28. The molecule has 1 heterocycles. The third-order valence-electron chi connectivity index (χ3n) is 2.66. The number of alkyl halides is 2. The predicted octanol–water partition coefficient (Wildman–Crippen LogP) is 2.13. The Bertz CT molecular complexity index is 762. The zero-order valence-corrected chi connectivity index (χ0v) is 12.3. The van der Waals surface area contributed by atoms with Gasteiger partial charge < -0.3 is 9.47 Å². The van der Waals surface area contributed by atoms with Crippen LogP contribution in [0.4, 0.5) is 14.7 Å². The molecule has 2 aromatic rings. The van der Waals surface area contributed by atoms with Crippen molar-refractivity contribution in [2.24, 2.45) is 5.10 Å². The molecule has 0 amide bonds. The van der Waals surface area contributed by atoms with Crippen LogP contribution in [-0.2, 0) is 0 Å². The summed E-state index contributed by atoms with van der Waals surface area (Å²) in [5.41, 5.74) is 3.39. The van der Waals surface area contributed by atoms with Gasteiger partial charge in [0.25, 0.3) is 5.56 Å². The third kappa shape index (κ3) is 4.77. The van der Waals surface area contributed by atoms with Crippen LogP contribution in [-0.4, -0.2) is 29.9 Å². The van der Waals surface area contributed by atoms with E-state index in [0.29, 0.717) is 11.3 Å². The Morgan fingerprint density at radius 3 is 2.78 bits per heavy atom. The molecule has 0 saturated carbocycles. The number of anilines is 1. The van der Waals surface area contributed by atoms with Crippen molar-refractivity contribution >= 4 is 12.2 Å². The molecule has 0 atom stereocenters. The maximum atomic E-state index is 12.2. The van der Waals surface area contributed by atoms with E-state index in [1.807, 2.05) is 0 Å². The number of halogens is 2. The molecule has 2 rings (SSSR count). The van der Waals surface area contributed by atoms with Gasteiger partial charge in [0.05, 0.1) is 13.3 Å². The van der Waals surface area contributed by atoms with E-state index in [1.54, 1.807) is 6.92 Å². The quantitative estimate of drug-likeness (QED) is 0.628. The van der Waals surface area contributed by atoms with Crippen molar-refractivity contribution in [3.8, 4) is 11.5 Å². The number of benzene rings is 1. The van der Waals surface area contributed by atoms with Crippen molar-refractivity contribution in [2.45, 2.75) is 13.5 Å². The number of ether oxygens (including phenoxy) is 2. The molecule has 0 aliphatic heterocycles. The molecule has 2 N–H and O–H groups in total. The van der Waals surface area contributed by atoms with Crippen LogP contribution >= 0.6 is 0 Å². The molecule has 0 bridgehead atoms. The number of nitrogens with zero attached hydrogens (tertiary/aromatic N) is 2. The van der Waals surface area contributed by atoms with Crippen LogP contribution in [0.3, 0.4) is 0 Å². The van der Waals surface area contributed by atoms with Crippen molar-refractivity contribution in [3.63, 3.8) is 0 Å². The standard InChI is InChI=1S/C14H14F2N4O3/c1-8-5-12(21)19-14(18-8)20-17-7-9-3-4-10(23-13(15)16)11(6-9)22-2/h3-7,13H,1-2H3,(H2,18,19,20,21)/b17-7+. The molecule has 0 fully saturated rings. The highest BCUT2D eigenvalue weighted by Gasteiger charge is 2.10. The normalized spacial score (nSPS) is 11.0. The summed E-state index contributed by atoms with van der Waals surface area (Å²) >= 11 is 0. The second-order valence-corrected chi connectivity index (χ2v) is 4.39. The molecule has 1 aromatic carbocycles. The molecule has 0 radical (unpaired) electrons. The summed E-state index contributed by atoms with van der Waals surface area (Å²) in [7, 11) is 1.34. The molecule has 9 heteroatoms. The van der Waals surface area contributed by atoms with Gasteiger partial charge in [-0.05, 0) is 30.7 Å². The Labute approximate surface area is 130 Å². The van der Waals surface area contributed by atoms with E-state index < -0.39 is 6.61 Å². The monoisotopic (exact) mass is 324 g/mol. The molecule has 0 saturated heterocycles. The first-order valence-corrected chi connectivity index (χ1v) is 6.48. The van der Waals surface area contributed by atoms with Gasteiger partial charge >= 0.3 is 6.61 Å². The summed E-state index contributed by atoms with van der Waals surface area (Å²) < 4.78 is 33.8. The number of aryl methyl sites for hydroxylation is 1. The molecule has 1 aromatic heterocycles. The minimum Gasteiger partial charge on any atom is -0.493 e. The van der Waals surface area contributed by atoms with Crippen LogP contribution in [0.1, 0.15) is 11.3 Å². The maximum absolute atomic E-state index is 12.2. The van der Waals surface area contributed by atoms with Gasteiger partial charge in [-0.3, -0.25) is 9.78 Å². The number of methoxy groups -OCH3 is 1. The first-order chi connectivity index (χ1) is 11.0. The summed E-state index contributed by atoms with van der Waals surface area (Å²) in [5.74, 6) is 0.268. The summed E-state index contributed by atoms with van der Waals surface area (Å²) in [6.45, 7) is -1.26. The van der Waals surface area contributed by atoms with Gasteiger partial charge in [-0.2, -0.15) is 13.9 Å². The van der Waals surface area contributed by atoms with E-state index >= 15 is 0 Å². The fourth-order valence-electron chi connectivity index (χ4n) is 1.76. The first kappa shape index (κ1) is 16.4. The molecule has 23 heavy (non-hydrogen) atoms. The summed E-state index contributed by atoms with van der Waals surface area (Å²) in [6.07, 6.45) is 1.41. The minimum absolute atomic E-state index is 0.0720. The smallest absolute Gasteiger partial charge is 0.387 e. The number of hydrazone groups is 1. The van der Waals surface area contributed by atoms with Crippen LogP contribution in [0.2, 0.25) is 0 Å². The Morgan fingerprint density at radius 1 is 1.35 bits per heavy atom. The Balaban J connectivity index is 2.11. The van der Waals surface area contributed by atoms with Crippen molar-refractivity contribution in [3.05, 3.63) is 45.9 Å². The van der Waals surface area contributed by atoms with Crippen molar-refractivity contribution in [1.82, 2.24) is 9.97 Å². The first-order valence-electron chi connectivity index (χ1n) is 6.48. The molecule has 122 valence electrons. The van der Waals surface area contributed by atoms with Crippen molar-refractivity contribution in [2.75, 3.05) is 12.5 Å². The topological polar surface area (TPSA) is 88.6 Å². The van der Waals surface area contributed by atoms with E-state index in [4.69, 9.17) is 4.74 Å². The Kier molecular flexibility index (Phi) is 5.23. The van der Waals surface area contributed by atoms with Crippen LogP contribution < -0.4 is 20.5 Å². The number of rotatable bonds is 6. The van der Waals surface area contributed by atoms with Crippen LogP contribution in [0.5, 0.6) is 11.5 Å². The summed E-state index contributed by atoms with van der Waals surface area (Å²) in [5, 5.41) is 3.91. The van der Waals surface area contributed by atoms with Crippen LogP contribution in [0, 0.1) is 6.92 Å². The molecule has 0 spiro atoms. The molecule has 0 aliphatic rings. The van der Waals surface area contributed by atoms with Gasteiger partial charge in [-0.15, -0.1) is 0 Å².